The fourth-order valence-electron chi connectivity index (χ4n) is 0.934. The molecule has 0 bridgehead atoms. The predicted octanol–water partition coefficient (Wildman–Crippen LogP) is 0.541. The van der Waals surface area contributed by atoms with Gasteiger partial charge in [0.25, 0.3) is 0 Å². The molecule has 0 aliphatic heterocycles. The largest absolute Gasteiger partial charge is 0.465 e. The molecule has 0 atom stereocenters. The van der Waals surface area contributed by atoms with Gasteiger partial charge < -0.3 is 10.5 Å². The van der Waals surface area contributed by atoms with Gasteiger partial charge in [0.2, 0.25) is 0 Å². The van der Waals surface area contributed by atoms with Crippen molar-refractivity contribution >= 4 is 30.8 Å². The minimum atomic E-state index is -0.382. The molecule has 14 heavy (non-hydrogen) atoms. The number of methoxy groups -OCH3 is 1. The van der Waals surface area contributed by atoms with Crippen molar-refractivity contribution in [2.45, 2.75) is 6.42 Å². The van der Waals surface area contributed by atoms with Gasteiger partial charge in [-0.3, -0.25) is 5.10 Å². The number of esters is 1. The molecule has 0 unspecified atom stereocenters. The van der Waals surface area contributed by atoms with Gasteiger partial charge >= 0.3 is 5.97 Å². The van der Waals surface area contributed by atoms with Gasteiger partial charge in [0.15, 0.2) is 0 Å². The van der Waals surface area contributed by atoms with Crippen molar-refractivity contribution in [3.8, 4) is 0 Å². The molecule has 0 radical (unpaired) electrons. The van der Waals surface area contributed by atoms with Crippen LogP contribution in [0, 0.1) is 0 Å². The number of aromatic nitrogens is 2. The quantitative estimate of drug-likeness (QED) is 0.758. The minimum absolute atomic E-state index is 0. The van der Waals surface area contributed by atoms with Crippen LogP contribution in [0.15, 0.2) is 6.20 Å². The third kappa shape index (κ3) is 3.53. The van der Waals surface area contributed by atoms with E-state index in [1.807, 2.05) is 0 Å². The Morgan fingerprint density at radius 2 is 2.29 bits per heavy atom. The maximum absolute atomic E-state index is 11.0. The summed E-state index contributed by atoms with van der Waals surface area (Å²) in [6.07, 6.45) is 2.04. The van der Waals surface area contributed by atoms with E-state index in [0.29, 0.717) is 18.5 Å². The summed E-state index contributed by atoms with van der Waals surface area (Å²) in [5, 5.41) is 6.42. The highest BCUT2D eigenvalue weighted by Gasteiger charge is 2.12. The average molecular weight is 242 g/mol. The first-order valence-electron chi connectivity index (χ1n) is 3.60. The Morgan fingerprint density at radius 1 is 1.64 bits per heavy atom. The molecule has 0 fully saturated rings. The van der Waals surface area contributed by atoms with Crippen LogP contribution in [0.3, 0.4) is 0 Å². The van der Waals surface area contributed by atoms with Gasteiger partial charge in [-0.25, -0.2) is 4.79 Å². The maximum atomic E-state index is 11.0. The molecular weight excluding hydrogens is 229 g/mol. The van der Waals surface area contributed by atoms with E-state index in [2.05, 4.69) is 14.9 Å². The monoisotopic (exact) mass is 241 g/mol. The highest BCUT2D eigenvalue weighted by atomic mass is 35.5. The molecule has 1 aromatic rings. The zero-order valence-corrected chi connectivity index (χ0v) is 9.28. The fraction of sp³-hybridized carbons (Fsp3) is 0.429. The van der Waals surface area contributed by atoms with Crippen molar-refractivity contribution in [1.29, 1.82) is 0 Å². The van der Waals surface area contributed by atoms with Gasteiger partial charge in [0.05, 0.1) is 19.0 Å². The van der Waals surface area contributed by atoms with Gasteiger partial charge in [0, 0.05) is 6.42 Å². The normalized spacial score (nSPS) is 8.43. The Morgan fingerprint density at radius 3 is 2.79 bits per heavy atom. The van der Waals surface area contributed by atoms with Gasteiger partial charge in [0.1, 0.15) is 5.56 Å². The number of rotatable bonds is 3. The number of halogens is 2. The highest BCUT2D eigenvalue weighted by molar-refractivity contribution is 5.90. The first-order valence-corrected chi connectivity index (χ1v) is 3.60. The molecule has 1 heterocycles. The molecule has 3 N–H and O–H groups in total. The van der Waals surface area contributed by atoms with Crippen LogP contribution in [0.25, 0.3) is 0 Å². The van der Waals surface area contributed by atoms with Crippen LogP contribution in [-0.4, -0.2) is 29.8 Å². The Hall–Kier alpha value is -0.780. The van der Waals surface area contributed by atoms with E-state index in [9.17, 15) is 4.79 Å². The Kier molecular flexibility index (Phi) is 8.52. The van der Waals surface area contributed by atoms with Crippen molar-refractivity contribution in [2.75, 3.05) is 13.7 Å². The SMILES string of the molecule is COC(=O)c1cn[nH]c1CCN.Cl.Cl. The lowest BCUT2D eigenvalue weighted by Gasteiger charge is -1.98. The summed E-state index contributed by atoms with van der Waals surface area (Å²) in [7, 11) is 1.33. The van der Waals surface area contributed by atoms with Crippen LogP contribution in [0.2, 0.25) is 0 Å². The Bertz CT molecular complexity index is 278. The van der Waals surface area contributed by atoms with Crippen molar-refractivity contribution in [3.05, 3.63) is 17.5 Å². The smallest absolute Gasteiger partial charge is 0.341 e. The van der Waals surface area contributed by atoms with Crippen molar-refractivity contribution in [1.82, 2.24) is 10.2 Å². The molecule has 0 aliphatic rings. The molecule has 1 rings (SSSR count). The number of nitrogens with one attached hydrogen (secondary N) is 1. The van der Waals surface area contributed by atoms with E-state index in [4.69, 9.17) is 5.73 Å². The molecule has 1 aromatic heterocycles. The molecular formula is C7H13Cl2N3O2. The summed E-state index contributed by atoms with van der Waals surface area (Å²) in [6, 6.07) is 0. The van der Waals surface area contributed by atoms with Crippen LogP contribution in [-0.2, 0) is 11.2 Å². The van der Waals surface area contributed by atoms with E-state index in [1.165, 1.54) is 13.3 Å². The topological polar surface area (TPSA) is 81.0 Å². The number of hydrogen-bond donors (Lipinski definition) is 2. The standard InChI is InChI=1S/C7H11N3O2.2ClH/c1-12-7(11)5-4-9-10-6(5)2-3-8;;/h4H,2-3,8H2,1H3,(H,9,10);2*1H. The first-order chi connectivity index (χ1) is 5.79. The van der Waals surface area contributed by atoms with Crippen molar-refractivity contribution < 1.29 is 9.53 Å². The van der Waals surface area contributed by atoms with Crippen LogP contribution in [0.1, 0.15) is 16.1 Å². The lowest BCUT2D eigenvalue weighted by atomic mass is 10.2. The van der Waals surface area contributed by atoms with E-state index in [1.54, 1.807) is 0 Å². The van der Waals surface area contributed by atoms with E-state index < -0.39 is 0 Å². The van der Waals surface area contributed by atoms with Gasteiger partial charge in [-0.1, -0.05) is 0 Å². The average Bonchev–Trinajstić information content (AvgIpc) is 2.52. The number of carbonyl (C=O) groups is 1. The van der Waals surface area contributed by atoms with Crippen LogP contribution in [0.5, 0.6) is 0 Å². The Balaban J connectivity index is 0. The minimum Gasteiger partial charge on any atom is -0.465 e. The third-order valence-electron chi connectivity index (χ3n) is 1.52. The molecule has 0 aliphatic carbocycles. The van der Waals surface area contributed by atoms with Crippen LogP contribution < -0.4 is 5.73 Å². The molecule has 0 saturated heterocycles. The zero-order valence-electron chi connectivity index (χ0n) is 7.65. The second-order valence-electron chi connectivity index (χ2n) is 2.29. The summed E-state index contributed by atoms with van der Waals surface area (Å²) < 4.78 is 4.54. The van der Waals surface area contributed by atoms with E-state index in [-0.39, 0.29) is 30.8 Å². The first kappa shape index (κ1) is 15.7. The number of ether oxygens (including phenoxy) is 1. The number of nitrogens with zero attached hydrogens (tertiary/aromatic N) is 1. The lowest BCUT2D eigenvalue weighted by Crippen LogP contribution is -2.08. The molecule has 0 amide bonds. The van der Waals surface area contributed by atoms with Crippen molar-refractivity contribution in [2.24, 2.45) is 5.73 Å². The fourth-order valence-corrected chi connectivity index (χ4v) is 0.934. The molecule has 5 nitrogen and oxygen atoms in total. The second kappa shape index (κ2) is 7.61. The summed E-state index contributed by atoms with van der Waals surface area (Å²) in [6.45, 7) is 0.478. The summed E-state index contributed by atoms with van der Waals surface area (Å²) in [5.41, 5.74) is 6.52. The maximum Gasteiger partial charge on any atom is 0.341 e. The number of carbonyl (C=O) groups excluding carboxylic acids is 1. The van der Waals surface area contributed by atoms with Crippen LogP contribution in [0.4, 0.5) is 0 Å². The number of hydrogen-bond acceptors (Lipinski definition) is 4. The van der Waals surface area contributed by atoms with Gasteiger partial charge in [-0.2, -0.15) is 5.10 Å². The summed E-state index contributed by atoms with van der Waals surface area (Å²) >= 11 is 0. The van der Waals surface area contributed by atoms with Crippen molar-refractivity contribution in [3.63, 3.8) is 0 Å². The van der Waals surface area contributed by atoms with Gasteiger partial charge in [-0.15, -0.1) is 24.8 Å². The molecule has 0 saturated carbocycles. The molecule has 82 valence electrons. The van der Waals surface area contributed by atoms with E-state index >= 15 is 0 Å². The third-order valence-corrected chi connectivity index (χ3v) is 1.52. The number of H-pyrrole nitrogens is 1. The van der Waals surface area contributed by atoms with E-state index in [0.717, 1.165) is 5.69 Å². The summed E-state index contributed by atoms with van der Waals surface area (Å²) in [4.78, 5) is 11.0. The Labute approximate surface area is 94.2 Å². The zero-order chi connectivity index (χ0) is 8.97. The molecule has 0 aromatic carbocycles. The molecule has 7 heteroatoms. The number of nitrogens with two attached hydrogens (primary N) is 1. The molecule has 0 spiro atoms. The summed E-state index contributed by atoms with van der Waals surface area (Å²) in [5.74, 6) is -0.382. The van der Waals surface area contributed by atoms with Gasteiger partial charge in [-0.05, 0) is 6.54 Å². The second-order valence-corrected chi connectivity index (χ2v) is 2.29. The van der Waals surface area contributed by atoms with Crippen LogP contribution >= 0.6 is 24.8 Å². The predicted molar refractivity (Wildman–Crippen MR) is 57.2 cm³/mol. The highest BCUT2D eigenvalue weighted by Crippen LogP contribution is 2.05. The lowest BCUT2D eigenvalue weighted by molar-refractivity contribution is 0.0599. The number of aromatic amines is 1.